The number of nitrogens with zero attached hydrogens (tertiary/aromatic N) is 1. The molecule has 1 saturated carbocycles. The summed E-state index contributed by atoms with van der Waals surface area (Å²) in [6.07, 6.45) is -0.784. The molecular weight excluding hydrogens is 437 g/mol. The van der Waals surface area contributed by atoms with E-state index in [1.54, 1.807) is 12.1 Å². The van der Waals surface area contributed by atoms with E-state index in [1.165, 1.54) is 13.1 Å². The number of amides is 1. The van der Waals surface area contributed by atoms with Gasteiger partial charge in [0.25, 0.3) is 11.5 Å². The number of Topliss-reactive ketones (excluding diaryl/α,β-unsaturated/α-hetero) is 1. The van der Waals surface area contributed by atoms with Crippen molar-refractivity contribution in [3.05, 3.63) is 57.3 Å². The van der Waals surface area contributed by atoms with Crippen LogP contribution in [-0.4, -0.2) is 40.8 Å². The molecule has 0 radical (unpaired) electrons. The van der Waals surface area contributed by atoms with E-state index >= 15 is 0 Å². The van der Waals surface area contributed by atoms with Gasteiger partial charge in [-0.15, -0.1) is 0 Å². The molecule has 3 rings (SSSR count). The number of benzene rings is 1. The maximum atomic E-state index is 14.6. The first-order valence-corrected chi connectivity index (χ1v) is 10.9. The summed E-state index contributed by atoms with van der Waals surface area (Å²) >= 11 is 0. The van der Waals surface area contributed by atoms with Gasteiger partial charge in [-0.3, -0.25) is 14.4 Å². The smallest absolute Gasteiger partial charge is 0.292 e. The van der Waals surface area contributed by atoms with Crippen LogP contribution in [0, 0.1) is 11.7 Å². The lowest BCUT2D eigenvalue weighted by molar-refractivity contribution is -0.126. The Bertz CT molecular complexity index is 1070. The number of H-pyrrole nitrogens is 1. The molecule has 0 saturated heterocycles. The van der Waals surface area contributed by atoms with Crippen molar-refractivity contribution in [3.63, 3.8) is 0 Å². The van der Waals surface area contributed by atoms with E-state index in [2.05, 4.69) is 0 Å². The average Bonchev–Trinajstić information content (AvgIpc) is 3.14. The van der Waals surface area contributed by atoms with Gasteiger partial charge in [-0.2, -0.15) is 5.16 Å². The molecule has 1 atom stereocenters. The molecule has 180 valence electrons. The van der Waals surface area contributed by atoms with E-state index in [9.17, 15) is 27.6 Å². The van der Waals surface area contributed by atoms with Gasteiger partial charge in [0.1, 0.15) is 5.82 Å². The molecule has 1 aliphatic rings. The van der Waals surface area contributed by atoms with Crippen LogP contribution in [0.1, 0.15) is 68.1 Å². The molecular formula is C24H29F3N2O4. The fourth-order valence-electron chi connectivity index (χ4n) is 4.44. The van der Waals surface area contributed by atoms with E-state index in [4.69, 9.17) is 4.52 Å². The summed E-state index contributed by atoms with van der Waals surface area (Å²) in [4.78, 5) is 38.7. The topological polar surface area (TPSA) is 83.4 Å². The van der Waals surface area contributed by atoms with E-state index in [0.29, 0.717) is 11.1 Å². The summed E-state index contributed by atoms with van der Waals surface area (Å²) in [5, 5.41) is 2.02. The van der Waals surface area contributed by atoms with Gasteiger partial charge < -0.3 is 9.42 Å². The highest BCUT2D eigenvalue weighted by Gasteiger charge is 2.42. The van der Waals surface area contributed by atoms with Gasteiger partial charge in [0.2, 0.25) is 11.7 Å². The lowest BCUT2D eigenvalue weighted by Gasteiger charge is -2.37. The second-order valence-electron chi connectivity index (χ2n) is 9.84. The normalized spacial score (nSPS) is 17.5. The number of nitrogens with one attached hydrogen (secondary N) is 1. The number of rotatable bonds is 6. The molecule has 1 aromatic heterocycles. The molecule has 2 aromatic rings. The minimum atomic E-state index is -2.80. The Morgan fingerprint density at radius 2 is 1.85 bits per heavy atom. The van der Waals surface area contributed by atoms with Gasteiger partial charge in [0.15, 0.2) is 5.78 Å². The molecule has 0 spiro atoms. The highest BCUT2D eigenvalue weighted by molar-refractivity contribution is 5.96. The molecule has 1 heterocycles. The van der Waals surface area contributed by atoms with Crippen LogP contribution < -0.4 is 5.56 Å². The first kappa shape index (κ1) is 24.8. The molecule has 1 aliphatic carbocycles. The van der Waals surface area contributed by atoms with Crippen LogP contribution in [0.5, 0.6) is 0 Å². The van der Waals surface area contributed by atoms with E-state index in [0.717, 1.165) is 11.0 Å². The number of hydrogen-bond acceptors (Lipinski definition) is 4. The molecule has 6 nitrogen and oxygen atoms in total. The number of likely N-dealkylation sites (N-methyl/N-ethyl adjacent to an activating group) is 1. The van der Waals surface area contributed by atoms with Crippen molar-refractivity contribution in [1.29, 1.82) is 0 Å². The summed E-state index contributed by atoms with van der Waals surface area (Å²) in [6.45, 7) is 5.64. The van der Waals surface area contributed by atoms with Crippen molar-refractivity contribution in [3.8, 4) is 0 Å². The minimum absolute atomic E-state index is 0.0649. The van der Waals surface area contributed by atoms with Crippen molar-refractivity contribution in [2.24, 2.45) is 5.92 Å². The molecule has 1 N–H and O–H groups in total. The van der Waals surface area contributed by atoms with Gasteiger partial charge >= 0.3 is 0 Å². The van der Waals surface area contributed by atoms with Crippen LogP contribution in [0.15, 0.2) is 33.6 Å². The Labute approximate surface area is 190 Å². The number of hydrogen-bond donors (Lipinski definition) is 1. The Balaban J connectivity index is 1.87. The first-order valence-electron chi connectivity index (χ1n) is 10.9. The highest BCUT2D eigenvalue weighted by atomic mass is 19.3. The molecule has 1 fully saturated rings. The van der Waals surface area contributed by atoms with Gasteiger partial charge in [-0.25, -0.2) is 13.2 Å². The Kier molecular flexibility index (Phi) is 6.91. The summed E-state index contributed by atoms with van der Waals surface area (Å²) in [5.41, 5.74) is -0.0677. The minimum Gasteiger partial charge on any atom is -0.373 e. The number of carbonyl (C=O) groups is 2. The quantitative estimate of drug-likeness (QED) is 0.680. The maximum Gasteiger partial charge on any atom is 0.292 e. The van der Waals surface area contributed by atoms with Crippen molar-refractivity contribution in [1.82, 2.24) is 10.1 Å². The fourth-order valence-corrected chi connectivity index (χ4v) is 4.44. The number of ketones is 1. The molecule has 9 heteroatoms. The van der Waals surface area contributed by atoms with Gasteiger partial charge in [-0.05, 0) is 41.4 Å². The third kappa shape index (κ3) is 5.75. The molecule has 1 amide bonds. The summed E-state index contributed by atoms with van der Waals surface area (Å²) in [6, 6.07) is 4.56. The van der Waals surface area contributed by atoms with E-state index in [-0.39, 0.29) is 43.6 Å². The Morgan fingerprint density at radius 3 is 2.36 bits per heavy atom. The number of carbonyl (C=O) groups excluding carboxylic acids is 2. The average molecular weight is 467 g/mol. The lowest BCUT2D eigenvalue weighted by atomic mass is 9.79. The number of aromatic amines is 1. The second-order valence-corrected chi connectivity index (χ2v) is 9.84. The van der Waals surface area contributed by atoms with Crippen molar-refractivity contribution >= 4 is 11.7 Å². The predicted molar refractivity (Wildman–Crippen MR) is 116 cm³/mol. The largest absolute Gasteiger partial charge is 0.373 e. The third-order valence-electron chi connectivity index (χ3n) is 6.23. The lowest BCUT2D eigenvalue weighted by Crippen LogP contribution is -2.49. The van der Waals surface area contributed by atoms with Gasteiger partial charge in [-0.1, -0.05) is 32.9 Å². The third-order valence-corrected chi connectivity index (χ3v) is 6.23. The van der Waals surface area contributed by atoms with Crippen LogP contribution in [0.25, 0.3) is 0 Å². The van der Waals surface area contributed by atoms with E-state index in [1.807, 2.05) is 25.9 Å². The molecule has 0 aliphatic heterocycles. The zero-order valence-corrected chi connectivity index (χ0v) is 19.2. The number of halogens is 3. The van der Waals surface area contributed by atoms with Crippen LogP contribution in [0.4, 0.5) is 13.2 Å². The van der Waals surface area contributed by atoms with Crippen molar-refractivity contribution in [2.75, 3.05) is 7.05 Å². The number of aromatic nitrogens is 1. The standard InChI is InChI=1S/C24H29F3N2O4/c1-23(2,3)16-6-5-14(11-17(16)25)12-18(30)21(15-7-9-24(26,27)10-8-15)29(4)22(32)19-13-20(31)28-33-19/h5-6,11,13,15,21H,7-10,12H2,1-4H3,(H,28,31)/t21-/m1/s1. The van der Waals surface area contributed by atoms with Gasteiger partial charge in [0.05, 0.1) is 12.1 Å². The molecule has 1 aromatic carbocycles. The van der Waals surface area contributed by atoms with Crippen LogP contribution in [0.3, 0.4) is 0 Å². The molecule has 33 heavy (non-hydrogen) atoms. The zero-order valence-electron chi connectivity index (χ0n) is 19.2. The van der Waals surface area contributed by atoms with Crippen molar-refractivity contribution < 1.29 is 27.3 Å². The van der Waals surface area contributed by atoms with Gasteiger partial charge in [0, 0.05) is 26.3 Å². The Morgan fingerprint density at radius 1 is 1.21 bits per heavy atom. The zero-order chi connectivity index (χ0) is 24.6. The second kappa shape index (κ2) is 9.19. The number of alkyl halides is 2. The van der Waals surface area contributed by atoms with Crippen molar-refractivity contribution in [2.45, 2.75) is 70.3 Å². The predicted octanol–water partition coefficient (Wildman–Crippen LogP) is 4.48. The molecule has 0 bridgehead atoms. The maximum absolute atomic E-state index is 14.6. The monoisotopic (exact) mass is 466 g/mol. The fraction of sp³-hybridized carbons (Fsp3) is 0.542. The van der Waals surface area contributed by atoms with E-state index < -0.39 is 40.6 Å². The molecule has 0 unspecified atom stereocenters. The van der Waals surface area contributed by atoms with Crippen LogP contribution in [-0.2, 0) is 16.6 Å². The SMILES string of the molecule is CN(C(=O)c1cc(=O)[nH]o1)[C@@H](C(=O)Cc1ccc(C(C)(C)C)c(F)c1)C1CCC(F)(F)CC1. The highest BCUT2D eigenvalue weighted by Crippen LogP contribution is 2.39. The Hall–Kier alpha value is -2.84. The van der Waals surface area contributed by atoms with Crippen LogP contribution in [0.2, 0.25) is 0 Å². The summed E-state index contributed by atoms with van der Waals surface area (Å²) in [5.74, 6) is -5.09. The summed E-state index contributed by atoms with van der Waals surface area (Å²) in [7, 11) is 1.38. The summed E-state index contributed by atoms with van der Waals surface area (Å²) < 4.78 is 47.0. The van der Waals surface area contributed by atoms with Crippen LogP contribution >= 0.6 is 0 Å². The first-order chi connectivity index (χ1) is 15.3.